The van der Waals surface area contributed by atoms with Gasteiger partial charge in [-0.05, 0) is 55.4 Å². The third-order valence-corrected chi connectivity index (χ3v) is 7.73. The standard InChI is InChI=1S/C15H28S2/c1-3-5-9-16-14-12-7-8-13(11-12)15(14)17-10-6-4-2/h12-15H,3-11H2,1-2H3/t12-,13+,14+,15-. The molecule has 2 aliphatic rings. The number of hydrogen-bond donors (Lipinski definition) is 0. The molecular weight excluding hydrogens is 244 g/mol. The summed E-state index contributed by atoms with van der Waals surface area (Å²) in [6.45, 7) is 4.63. The Hall–Kier alpha value is 0.700. The van der Waals surface area contributed by atoms with E-state index in [-0.39, 0.29) is 0 Å². The van der Waals surface area contributed by atoms with Crippen LogP contribution in [0.1, 0.15) is 58.8 Å². The van der Waals surface area contributed by atoms with Gasteiger partial charge >= 0.3 is 0 Å². The molecule has 0 spiro atoms. The summed E-state index contributed by atoms with van der Waals surface area (Å²) in [7, 11) is 0. The van der Waals surface area contributed by atoms with Gasteiger partial charge in [0, 0.05) is 10.5 Å². The molecule has 0 nitrogen and oxygen atoms in total. The maximum Gasteiger partial charge on any atom is 0.0197 e. The molecule has 2 bridgehead atoms. The normalized spacial score (nSPS) is 35.6. The highest BCUT2D eigenvalue weighted by molar-refractivity contribution is 8.03. The lowest BCUT2D eigenvalue weighted by molar-refractivity contribution is 0.503. The van der Waals surface area contributed by atoms with Crippen LogP contribution in [0.15, 0.2) is 0 Å². The molecule has 0 aliphatic heterocycles. The van der Waals surface area contributed by atoms with Crippen molar-refractivity contribution in [2.24, 2.45) is 11.8 Å². The van der Waals surface area contributed by atoms with Gasteiger partial charge in [0.15, 0.2) is 0 Å². The van der Waals surface area contributed by atoms with Crippen molar-refractivity contribution in [1.29, 1.82) is 0 Å². The first kappa shape index (κ1) is 14.1. The summed E-state index contributed by atoms with van der Waals surface area (Å²) in [6.07, 6.45) is 10.2. The molecule has 4 atom stereocenters. The van der Waals surface area contributed by atoms with E-state index in [0.29, 0.717) is 0 Å². The fourth-order valence-corrected chi connectivity index (χ4v) is 7.16. The van der Waals surface area contributed by atoms with Crippen molar-refractivity contribution in [3.05, 3.63) is 0 Å². The maximum atomic E-state index is 2.32. The summed E-state index contributed by atoms with van der Waals surface area (Å²) in [6, 6.07) is 0. The molecular formula is C15H28S2. The zero-order valence-corrected chi connectivity index (χ0v) is 13.1. The predicted octanol–water partition coefficient (Wildman–Crippen LogP) is 5.22. The molecule has 0 heterocycles. The molecule has 0 aromatic heterocycles. The molecule has 0 unspecified atom stereocenters. The van der Waals surface area contributed by atoms with Gasteiger partial charge in [-0.3, -0.25) is 0 Å². The first-order valence-electron chi connectivity index (χ1n) is 7.60. The molecule has 0 aromatic rings. The molecule has 17 heavy (non-hydrogen) atoms. The van der Waals surface area contributed by atoms with Gasteiger partial charge in [-0.25, -0.2) is 0 Å². The van der Waals surface area contributed by atoms with Crippen molar-refractivity contribution in [3.8, 4) is 0 Å². The van der Waals surface area contributed by atoms with Crippen LogP contribution in [-0.4, -0.2) is 22.0 Å². The van der Waals surface area contributed by atoms with Crippen molar-refractivity contribution in [1.82, 2.24) is 0 Å². The van der Waals surface area contributed by atoms with E-state index in [0.717, 1.165) is 22.3 Å². The summed E-state index contributed by atoms with van der Waals surface area (Å²) >= 11 is 4.63. The average molecular weight is 273 g/mol. The quantitative estimate of drug-likeness (QED) is 0.556. The Morgan fingerprint density at radius 1 is 0.824 bits per heavy atom. The Labute approximate surface area is 116 Å². The van der Waals surface area contributed by atoms with Gasteiger partial charge < -0.3 is 0 Å². The van der Waals surface area contributed by atoms with Crippen LogP contribution in [0.4, 0.5) is 0 Å². The van der Waals surface area contributed by atoms with E-state index in [4.69, 9.17) is 0 Å². The number of unbranched alkanes of at least 4 members (excludes halogenated alkanes) is 2. The molecule has 2 saturated carbocycles. The molecule has 2 aliphatic carbocycles. The minimum Gasteiger partial charge on any atom is -0.157 e. The summed E-state index contributed by atoms with van der Waals surface area (Å²) in [4.78, 5) is 0. The van der Waals surface area contributed by atoms with Crippen molar-refractivity contribution < 1.29 is 0 Å². The predicted molar refractivity (Wildman–Crippen MR) is 83.1 cm³/mol. The van der Waals surface area contributed by atoms with Crippen molar-refractivity contribution in [3.63, 3.8) is 0 Å². The van der Waals surface area contributed by atoms with Gasteiger partial charge in [0.2, 0.25) is 0 Å². The van der Waals surface area contributed by atoms with Crippen LogP contribution in [0.5, 0.6) is 0 Å². The molecule has 0 amide bonds. The summed E-state index contributed by atoms with van der Waals surface area (Å²) in [5.41, 5.74) is 0. The lowest BCUT2D eigenvalue weighted by Gasteiger charge is -2.30. The second kappa shape index (κ2) is 7.33. The van der Waals surface area contributed by atoms with E-state index in [9.17, 15) is 0 Å². The van der Waals surface area contributed by atoms with Crippen LogP contribution in [0.25, 0.3) is 0 Å². The number of fused-ring (bicyclic) bond motifs is 2. The van der Waals surface area contributed by atoms with Crippen LogP contribution >= 0.6 is 23.5 Å². The van der Waals surface area contributed by atoms with Crippen LogP contribution in [0, 0.1) is 11.8 Å². The van der Waals surface area contributed by atoms with Crippen LogP contribution < -0.4 is 0 Å². The lowest BCUT2D eigenvalue weighted by atomic mass is 10.00. The topological polar surface area (TPSA) is 0 Å². The number of rotatable bonds is 8. The zero-order valence-electron chi connectivity index (χ0n) is 11.5. The van der Waals surface area contributed by atoms with E-state index in [1.807, 2.05) is 0 Å². The third-order valence-electron chi connectivity index (χ3n) is 4.38. The third kappa shape index (κ3) is 3.59. The van der Waals surface area contributed by atoms with Crippen LogP contribution in [0.3, 0.4) is 0 Å². The molecule has 0 saturated heterocycles. The van der Waals surface area contributed by atoms with Gasteiger partial charge in [-0.1, -0.05) is 26.7 Å². The second-order valence-corrected chi connectivity index (χ2v) is 8.28. The minimum absolute atomic E-state index is 1.02. The van der Waals surface area contributed by atoms with Crippen LogP contribution in [0.2, 0.25) is 0 Å². The average Bonchev–Trinajstić information content (AvgIpc) is 2.92. The highest BCUT2D eigenvalue weighted by Gasteiger charge is 2.47. The van der Waals surface area contributed by atoms with Gasteiger partial charge in [-0.2, -0.15) is 23.5 Å². The number of hydrogen-bond acceptors (Lipinski definition) is 2. The minimum atomic E-state index is 1.02. The Balaban J connectivity index is 1.78. The fourth-order valence-electron chi connectivity index (χ4n) is 3.38. The molecule has 0 N–H and O–H groups in total. The first-order chi connectivity index (χ1) is 8.36. The van der Waals surface area contributed by atoms with E-state index in [2.05, 4.69) is 37.4 Å². The first-order valence-corrected chi connectivity index (χ1v) is 9.69. The SMILES string of the molecule is CCCCS[C@@H]1[C@H]2CC[C@H](C2)[C@@H]1SCCCC. The monoisotopic (exact) mass is 272 g/mol. The van der Waals surface area contributed by atoms with Crippen molar-refractivity contribution in [2.75, 3.05) is 11.5 Å². The van der Waals surface area contributed by atoms with Gasteiger partial charge in [0.1, 0.15) is 0 Å². The Morgan fingerprint density at radius 2 is 1.29 bits per heavy atom. The Bertz CT molecular complexity index is 195. The summed E-state index contributed by atoms with van der Waals surface area (Å²) < 4.78 is 0. The zero-order chi connectivity index (χ0) is 12.1. The Kier molecular flexibility index (Phi) is 6.09. The molecule has 100 valence electrons. The number of thioether (sulfide) groups is 2. The maximum absolute atomic E-state index is 2.32. The summed E-state index contributed by atoms with van der Waals surface area (Å²) in [5.74, 6) is 4.99. The van der Waals surface area contributed by atoms with E-state index < -0.39 is 0 Å². The van der Waals surface area contributed by atoms with Gasteiger partial charge in [0.25, 0.3) is 0 Å². The van der Waals surface area contributed by atoms with Gasteiger partial charge in [-0.15, -0.1) is 0 Å². The van der Waals surface area contributed by atoms with Crippen molar-refractivity contribution >= 4 is 23.5 Å². The van der Waals surface area contributed by atoms with E-state index >= 15 is 0 Å². The molecule has 0 aromatic carbocycles. The second-order valence-electron chi connectivity index (χ2n) is 5.71. The molecule has 2 heteroatoms. The lowest BCUT2D eigenvalue weighted by Crippen LogP contribution is -2.28. The highest BCUT2D eigenvalue weighted by atomic mass is 32.2. The molecule has 0 radical (unpaired) electrons. The smallest absolute Gasteiger partial charge is 0.0197 e. The molecule has 2 fully saturated rings. The fraction of sp³-hybridized carbons (Fsp3) is 1.00. The van der Waals surface area contributed by atoms with Crippen molar-refractivity contribution in [2.45, 2.75) is 69.3 Å². The van der Waals surface area contributed by atoms with E-state index in [1.165, 1.54) is 37.2 Å². The highest BCUT2D eigenvalue weighted by Crippen LogP contribution is 2.54. The molecule has 2 rings (SSSR count). The van der Waals surface area contributed by atoms with Crippen LogP contribution in [-0.2, 0) is 0 Å². The Morgan fingerprint density at radius 3 is 1.71 bits per heavy atom. The summed E-state index contributed by atoms with van der Waals surface area (Å²) in [5, 5.41) is 2.03. The largest absolute Gasteiger partial charge is 0.157 e. The van der Waals surface area contributed by atoms with Gasteiger partial charge in [0.05, 0.1) is 0 Å². The van der Waals surface area contributed by atoms with E-state index in [1.54, 1.807) is 19.3 Å².